The van der Waals surface area contributed by atoms with Gasteiger partial charge in [0.15, 0.2) is 0 Å². The summed E-state index contributed by atoms with van der Waals surface area (Å²) in [4.78, 5) is 25.1. The Morgan fingerprint density at radius 2 is 1.87 bits per heavy atom. The van der Waals surface area contributed by atoms with Gasteiger partial charge in [-0.2, -0.15) is 0 Å². The number of allylic oxidation sites excluding steroid dienone is 2. The molecule has 0 aromatic heterocycles. The molecule has 0 bridgehead atoms. The fourth-order valence-electron chi connectivity index (χ4n) is 2.81. The van der Waals surface area contributed by atoms with Gasteiger partial charge in [-0.3, -0.25) is 4.79 Å². The van der Waals surface area contributed by atoms with Gasteiger partial charge >= 0.3 is 5.97 Å². The van der Waals surface area contributed by atoms with Crippen molar-refractivity contribution in [3.63, 3.8) is 0 Å². The minimum Gasteiger partial charge on any atom is -0.496 e. The standard InChI is InChI=1S/C18H21NO4/c1-4-6-12-10-14(11-13(7-5-2)16(12)23-3)17(20)19-9-8-15(19)18(21)22/h4-5,10-11,15H,1-2,6-9H2,3H3,(H,21,22)/t15-/m1/s1. The third kappa shape index (κ3) is 3.28. The molecular weight excluding hydrogens is 294 g/mol. The van der Waals surface area contributed by atoms with Crippen LogP contribution in [0.2, 0.25) is 0 Å². The molecule has 1 heterocycles. The molecule has 5 nitrogen and oxygen atoms in total. The van der Waals surface area contributed by atoms with Crippen molar-refractivity contribution in [1.29, 1.82) is 0 Å². The lowest BCUT2D eigenvalue weighted by atomic mass is 9.96. The molecule has 1 aliphatic rings. The van der Waals surface area contributed by atoms with Gasteiger partial charge in [-0.25, -0.2) is 4.79 Å². The van der Waals surface area contributed by atoms with Crippen molar-refractivity contribution in [1.82, 2.24) is 4.90 Å². The molecule has 122 valence electrons. The van der Waals surface area contributed by atoms with Crippen LogP contribution in [0.5, 0.6) is 5.75 Å². The number of rotatable bonds is 7. The number of ether oxygens (including phenoxy) is 1. The van der Waals surface area contributed by atoms with Crippen molar-refractivity contribution in [2.45, 2.75) is 25.3 Å². The second-order valence-electron chi connectivity index (χ2n) is 5.45. The van der Waals surface area contributed by atoms with Gasteiger partial charge in [-0.15, -0.1) is 13.2 Å². The summed E-state index contributed by atoms with van der Waals surface area (Å²) < 4.78 is 5.46. The van der Waals surface area contributed by atoms with Crippen molar-refractivity contribution in [2.24, 2.45) is 0 Å². The average molecular weight is 315 g/mol. The van der Waals surface area contributed by atoms with E-state index in [1.807, 2.05) is 0 Å². The van der Waals surface area contributed by atoms with Gasteiger partial charge in [-0.1, -0.05) is 12.2 Å². The smallest absolute Gasteiger partial charge is 0.326 e. The van der Waals surface area contributed by atoms with Crippen LogP contribution in [0.3, 0.4) is 0 Å². The zero-order valence-corrected chi connectivity index (χ0v) is 13.2. The first kappa shape index (κ1) is 16.8. The van der Waals surface area contributed by atoms with E-state index in [1.165, 1.54) is 4.90 Å². The number of likely N-dealkylation sites (tertiary alicyclic amines) is 1. The summed E-state index contributed by atoms with van der Waals surface area (Å²) in [5, 5.41) is 9.12. The molecule has 5 heteroatoms. The summed E-state index contributed by atoms with van der Waals surface area (Å²) in [6.07, 6.45) is 5.12. The molecule has 23 heavy (non-hydrogen) atoms. The maximum atomic E-state index is 12.6. The predicted molar refractivity (Wildman–Crippen MR) is 87.9 cm³/mol. The molecule has 1 fully saturated rings. The van der Waals surface area contributed by atoms with E-state index in [9.17, 15) is 9.59 Å². The SMILES string of the molecule is C=CCc1cc(C(=O)N2CC[C@@H]2C(=O)O)cc(CC=C)c1OC. The number of carboxylic acid groups (broad SMARTS) is 1. The lowest BCUT2D eigenvalue weighted by molar-refractivity contribution is -0.146. The second-order valence-corrected chi connectivity index (χ2v) is 5.45. The van der Waals surface area contributed by atoms with Crippen LogP contribution >= 0.6 is 0 Å². The topological polar surface area (TPSA) is 66.8 Å². The largest absolute Gasteiger partial charge is 0.496 e. The van der Waals surface area contributed by atoms with E-state index < -0.39 is 12.0 Å². The second kappa shape index (κ2) is 7.13. The molecule has 1 amide bonds. The summed E-state index contributed by atoms with van der Waals surface area (Å²) in [5.41, 5.74) is 2.20. The maximum Gasteiger partial charge on any atom is 0.326 e. The van der Waals surface area contributed by atoms with E-state index >= 15 is 0 Å². The third-order valence-corrected chi connectivity index (χ3v) is 3.99. The number of nitrogens with zero attached hydrogens (tertiary/aromatic N) is 1. The number of benzene rings is 1. The number of hydrogen-bond acceptors (Lipinski definition) is 3. The monoisotopic (exact) mass is 315 g/mol. The van der Waals surface area contributed by atoms with E-state index in [0.29, 0.717) is 31.4 Å². The van der Waals surface area contributed by atoms with E-state index in [2.05, 4.69) is 13.2 Å². The summed E-state index contributed by atoms with van der Waals surface area (Å²) in [6, 6.07) is 2.79. The van der Waals surface area contributed by atoms with Crippen LogP contribution in [0.1, 0.15) is 27.9 Å². The van der Waals surface area contributed by atoms with Crippen LogP contribution in [-0.2, 0) is 17.6 Å². The Morgan fingerprint density at radius 3 is 2.22 bits per heavy atom. The van der Waals surface area contributed by atoms with Gasteiger partial charge in [-0.05, 0) is 42.5 Å². The third-order valence-electron chi connectivity index (χ3n) is 3.99. The van der Waals surface area contributed by atoms with E-state index in [-0.39, 0.29) is 5.91 Å². The number of carbonyl (C=O) groups excluding carboxylic acids is 1. The average Bonchev–Trinajstić information content (AvgIpc) is 2.45. The summed E-state index contributed by atoms with van der Waals surface area (Å²) in [6.45, 7) is 7.93. The van der Waals surface area contributed by atoms with E-state index in [1.54, 1.807) is 31.4 Å². The summed E-state index contributed by atoms with van der Waals surface area (Å²) >= 11 is 0. The number of carboxylic acids is 1. The molecule has 0 aliphatic carbocycles. The molecule has 1 atom stereocenters. The van der Waals surface area contributed by atoms with Gasteiger partial charge < -0.3 is 14.7 Å². The minimum atomic E-state index is -0.962. The fourth-order valence-corrected chi connectivity index (χ4v) is 2.81. The van der Waals surface area contributed by atoms with Gasteiger partial charge in [0, 0.05) is 12.1 Å². The first-order valence-electron chi connectivity index (χ1n) is 7.48. The maximum absolute atomic E-state index is 12.6. The van der Waals surface area contributed by atoms with Crippen molar-refractivity contribution >= 4 is 11.9 Å². The summed E-state index contributed by atoms with van der Waals surface area (Å²) in [7, 11) is 1.59. The first-order chi connectivity index (χ1) is 11.0. The van der Waals surface area contributed by atoms with Crippen LogP contribution in [0.4, 0.5) is 0 Å². The number of carbonyl (C=O) groups is 2. The van der Waals surface area contributed by atoms with Crippen molar-refractivity contribution < 1.29 is 19.4 Å². The van der Waals surface area contributed by atoms with E-state index in [4.69, 9.17) is 9.84 Å². The molecule has 0 unspecified atom stereocenters. The van der Waals surface area contributed by atoms with Gasteiger partial charge in [0.25, 0.3) is 5.91 Å². The van der Waals surface area contributed by atoms with Crippen molar-refractivity contribution in [3.8, 4) is 5.75 Å². The zero-order valence-electron chi connectivity index (χ0n) is 13.2. The van der Waals surface area contributed by atoms with Gasteiger partial charge in [0.05, 0.1) is 7.11 Å². The van der Waals surface area contributed by atoms with E-state index in [0.717, 1.165) is 16.9 Å². The predicted octanol–water partition coefficient (Wildman–Crippen LogP) is 2.45. The Balaban J connectivity index is 2.41. The molecule has 1 aromatic rings. The Morgan fingerprint density at radius 1 is 1.30 bits per heavy atom. The lowest BCUT2D eigenvalue weighted by Gasteiger charge is -2.38. The first-order valence-corrected chi connectivity index (χ1v) is 7.48. The molecule has 1 saturated heterocycles. The Labute approximate surface area is 135 Å². The molecule has 1 aliphatic heterocycles. The summed E-state index contributed by atoms with van der Waals surface area (Å²) in [5.74, 6) is -0.502. The van der Waals surface area contributed by atoms with Crippen LogP contribution in [-0.4, -0.2) is 41.6 Å². The zero-order chi connectivity index (χ0) is 17.0. The van der Waals surface area contributed by atoms with Crippen LogP contribution < -0.4 is 4.74 Å². The van der Waals surface area contributed by atoms with Gasteiger partial charge in [0.2, 0.25) is 0 Å². The highest BCUT2D eigenvalue weighted by Crippen LogP contribution is 2.29. The number of aliphatic carboxylic acids is 1. The van der Waals surface area contributed by atoms with Crippen LogP contribution in [0.25, 0.3) is 0 Å². The van der Waals surface area contributed by atoms with Gasteiger partial charge in [0.1, 0.15) is 11.8 Å². The Bertz CT molecular complexity index is 619. The van der Waals surface area contributed by atoms with Crippen molar-refractivity contribution in [2.75, 3.05) is 13.7 Å². The fraction of sp³-hybridized carbons (Fsp3) is 0.333. The van der Waals surface area contributed by atoms with Crippen LogP contribution in [0.15, 0.2) is 37.4 Å². The number of hydrogen-bond donors (Lipinski definition) is 1. The Hall–Kier alpha value is -2.56. The molecule has 2 rings (SSSR count). The molecule has 0 spiro atoms. The van der Waals surface area contributed by atoms with Crippen molar-refractivity contribution in [3.05, 3.63) is 54.1 Å². The highest BCUT2D eigenvalue weighted by Gasteiger charge is 2.38. The number of amides is 1. The quantitative estimate of drug-likeness (QED) is 0.785. The normalized spacial score (nSPS) is 16.4. The highest BCUT2D eigenvalue weighted by molar-refractivity contribution is 5.98. The molecular formula is C18H21NO4. The molecule has 1 aromatic carbocycles. The molecule has 0 saturated carbocycles. The highest BCUT2D eigenvalue weighted by atomic mass is 16.5. The number of methoxy groups -OCH3 is 1. The molecule has 1 N–H and O–H groups in total. The van der Waals surface area contributed by atoms with Crippen LogP contribution in [0, 0.1) is 0 Å². The lowest BCUT2D eigenvalue weighted by Crippen LogP contribution is -2.55. The minimum absolute atomic E-state index is 0.262. The Kier molecular flexibility index (Phi) is 5.21. The molecule has 0 radical (unpaired) electrons.